The number of amides is 1. The van der Waals surface area contributed by atoms with Crippen molar-refractivity contribution >= 4 is 33.2 Å². The molecule has 0 saturated carbocycles. The van der Waals surface area contributed by atoms with Gasteiger partial charge in [0.1, 0.15) is 5.82 Å². The summed E-state index contributed by atoms with van der Waals surface area (Å²) in [6.45, 7) is 0. The third kappa shape index (κ3) is 4.65. The van der Waals surface area contributed by atoms with Crippen LogP contribution >= 0.6 is 11.8 Å². The Morgan fingerprint density at radius 1 is 1.14 bits per heavy atom. The van der Waals surface area contributed by atoms with Gasteiger partial charge < -0.3 is 10.3 Å². The average molecular weight is 419 g/mol. The molecule has 0 unspecified atom stereocenters. The van der Waals surface area contributed by atoms with E-state index < -0.39 is 32.0 Å². The lowest BCUT2D eigenvalue weighted by Crippen LogP contribution is -2.20. The fraction of sp³-hybridized carbons (Fsp3) is 0.0556. The van der Waals surface area contributed by atoms with Crippen molar-refractivity contribution in [2.75, 3.05) is 11.1 Å². The number of halogens is 1. The predicted molar refractivity (Wildman–Crippen MR) is 103 cm³/mol. The number of anilines is 1. The number of benzene rings is 2. The number of nitrogens with zero attached hydrogens (tertiary/aromatic N) is 1. The molecular formula is C18H14FN3O4S2. The van der Waals surface area contributed by atoms with Crippen molar-refractivity contribution in [3.05, 3.63) is 77.0 Å². The van der Waals surface area contributed by atoms with E-state index in [9.17, 15) is 22.4 Å². The maximum atomic E-state index is 13.1. The largest absolute Gasteiger partial charge is 0.325 e. The lowest BCUT2D eigenvalue weighted by molar-refractivity contribution is -0.113. The number of thioether (sulfide) groups is 1. The molecule has 0 atom stereocenters. The van der Waals surface area contributed by atoms with Crippen molar-refractivity contribution in [2.45, 2.75) is 14.9 Å². The van der Waals surface area contributed by atoms with Gasteiger partial charge in [-0.25, -0.2) is 17.8 Å². The second kappa shape index (κ2) is 8.36. The summed E-state index contributed by atoms with van der Waals surface area (Å²) in [6, 6.07) is 13.0. The highest BCUT2D eigenvalue weighted by atomic mass is 32.2. The van der Waals surface area contributed by atoms with Crippen molar-refractivity contribution in [3.63, 3.8) is 0 Å². The molecule has 0 aliphatic rings. The highest BCUT2D eigenvalue weighted by Gasteiger charge is 2.22. The van der Waals surface area contributed by atoms with Crippen LogP contribution in [0.15, 0.2) is 80.5 Å². The molecule has 1 aromatic heterocycles. The Morgan fingerprint density at radius 3 is 2.57 bits per heavy atom. The molecule has 10 heteroatoms. The third-order valence-corrected chi connectivity index (χ3v) is 6.18. The van der Waals surface area contributed by atoms with E-state index in [0.717, 1.165) is 18.0 Å². The van der Waals surface area contributed by atoms with Gasteiger partial charge in [-0.15, -0.1) is 0 Å². The first-order valence-corrected chi connectivity index (χ1v) is 10.4. The van der Waals surface area contributed by atoms with E-state index in [1.165, 1.54) is 36.4 Å². The Hall–Kier alpha value is -2.98. The first-order valence-electron chi connectivity index (χ1n) is 7.94. The Morgan fingerprint density at radius 2 is 1.89 bits per heavy atom. The number of aromatic nitrogens is 2. The zero-order valence-corrected chi connectivity index (χ0v) is 15.9. The molecule has 0 fully saturated rings. The van der Waals surface area contributed by atoms with E-state index >= 15 is 0 Å². The smallest absolute Gasteiger partial charge is 0.270 e. The molecule has 2 aromatic carbocycles. The van der Waals surface area contributed by atoms with Gasteiger partial charge >= 0.3 is 0 Å². The highest BCUT2D eigenvalue weighted by molar-refractivity contribution is 7.99. The Labute approximate surface area is 164 Å². The summed E-state index contributed by atoms with van der Waals surface area (Å²) in [5.41, 5.74) is -0.525. The van der Waals surface area contributed by atoms with Crippen molar-refractivity contribution in [2.24, 2.45) is 0 Å². The van der Waals surface area contributed by atoms with Crippen LogP contribution in [-0.4, -0.2) is 30.0 Å². The molecule has 0 aliphatic carbocycles. The van der Waals surface area contributed by atoms with Gasteiger partial charge in [0.05, 0.1) is 16.8 Å². The number of aromatic amines is 1. The molecule has 3 aromatic rings. The van der Waals surface area contributed by atoms with E-state index in [-0.39, 0.29) is 15.8 Å². The zero-order valence-electron chi connectivity index (χ0n) is 14.3. The molecule has 1 heterocycles. The van der Waals surface area contributed by atoms with Crippen LogP contribution in [0.1, 0.15) is 0 Å². The van der Waals surface area contributed by atoms with Gasteiger partial charge in [0.15, 0.2) is 10.1 Å². The average Bonchev–Trinajstić information content (AvgIpc) is 2.67. The second-order valence-corrected chi connectivity index (χ2v) is 8.43. The highest BCUT2D eigenvalue weighted by Crippen LogP contribution is 2.18. The lowest BCUT2D eigenvalue weighted by atomic mass is 10.3. The standard InChI is InChI=1S/C18H14FN3O4S2/c19-12-5-4-6-13(9-12)21-16(23)11-27-18-20-10-15(17(24)22-18)28(25,26)14-7-2-1-3-8-14/h1-10H,11H2,(H,21,23)(H,20,22,24). The topological polar surface area (TPSA) is 109 Å². The monoisotopic (exact) mass is 419 g/mol. The summed E-state index contributed by atoms with van der Waals surface area (Å²) in [6.07, 6.45) is 0.966. The molecule has 144 valence electrons. The fourth-order valence-electron chi connectivity index (χ4n) is 2.26. The van der Waals surface area contributed by atoms with Crippen LogP contribution in [0, 0.1) is 5.82 Å². The summed E-state index contributed by atoms with van der Waals surface area (Å²) < 4.78 is 38.1. The molecule has 0 spiro atoms. The van der Waals surface area contributed by atoms with Crippen LogP contribution in [0.5, 0.6) is 0 Å². The maximum absolute atomic E-state index is 13.1. The number of sulfone groups is 1. The van der Waals surface area contributed by atoms with Crippen LogP contribution < -0.4 is 10.9 Å². The van der Waals surface area contributed by atoms with Crippen LogP contribution in [0.25, 0.3) is 0 Å². The molecular weight excluding hydrogens is 405 g/mol. The molecule has 0 bridgehead atoms. The Bertz CT molecular complexity index is 1160. The van der Waals surface area contributed by atoms with Gasteiger partial charge in [0.2, 0.25) is 15.7 Å². The van der Waals surface area contributed by atoms with E-state index in [2.05, 4.69) is 15.3 Å². The van der Waals surface area contributed by atoms with Crippen LogP contribution in [-0.2, 0) is 14.6 Å². The minimum atomic E-state index is -3.99. The van der Waals surface area contributed by atoms with Crippen molar-refractivity contribution in [1.82, 2.24) is 9.97 Å². The zero-order chi connectivity index (χ0) is 20.1. The predicted octanol–water partition coefficient (Wildman–Crippen LogP) is 2.47. The SMILES string of the molecule is O=C(CSc1ncc(S(=O)(=O)c2ccccc2)c(=O)[nH]1)Nc1cccc(F)c1. The first kappa shape index (κ1) is 19.8. The van der Waals surface area contributed by atoms with Gasteiger partial charge in [-0.1, -0.05) is 36.0 Å². The number of hydrogen-bond donors (Lipinski definition) is 2. The molecule has 0 radical (unpaired) electrons. The van der Waals surface area contributed by atoms with Crippen molar-refractivity contribution in [3.8, 4) is 0 Å². The fourth-order valence-corrected chi connectivity index (χ4v) is 4.14. The Balaban J connectivity index is 1.69. The summed E-state index contributed by atoms with van der Waals surface area (Å²) in [5, 5.41) is 2.60. The lowest BCUT2D eigenvalue weighted by Gasteiger charge is -2.06. The summed E-state index contributed by atoms with van der Waals surface area (Å²) >= 11 is 0.914. The summed E-state index contributed by atoms with van der Waals surface area (Å²) in [5.74, 6) is -1.02. The second-order valence-electron chi connectivity index (χ2n) is 5.55. The van der Waals surface area contributed by atoms with Crippen LogP contribution in [0.4, 0.5) is 10.1 Å². The van der Waals surface area contributed by atoms with Crippen LogP contribution in [0.2, 0.25) is 0 Å². The minimum Gasteiger partial charge on any atom is -0.325 e. The van der Waals surface area contributed by atoms with Crippen molar-refractivity contribution in [1.29, 1.82) is 0 Å². The van der Waals surface area contributed by atoms with Gasteiger partial charge in [-0.3, -0.25) is 9.59 Å². The molecule has 2 N–H and O–H groups in total. The van der Waals surface area contributed by atoms with Gasteiger partial charge in [0, 0.05) is 5.69 Å². The number of H-pyrrole nitrogens is 1. The third-order valence-electron chi connectivity index (χ3n) is 3.53. The number of carbonyl (C=O) groups excluding carboxylic acids is 1. The van der Waals surface area contributed by atoms with E-state index in [1.54, 1.807) is 18.2 Å². The quantitative estimate of drug-likeness (QED) is 0.469. The maximum Gasteiger partial charge on any atom is 0.270 e. The first-order chi connectivity index (χ1) is 13.4. The number of hydrogen-bond acceptors (Lipinski definition) is 6. The molecule has 28 heavy (non-hydrogen) atoms. The van der Waals surface area contributed by atoms with Gasteiger partial charge in [0.25, 0.3) is 5.56 Å². The Kier molecular flexibility index (Phi) is 5.90. The van der Waals surface area contributed by atoms with E-state index in [4.69, 9.17) is 0 Å². The molecule has 3 rings (SSSR count). The van der Waals surface area contributed by atoms with Crippen molar-refractivity contribution < 1.29 is 17.6 Å². The van der Waals surface area contributed by atoms with Gasteiger partial charge in [-0.05, 0) is 30.3 Å². The molecule has 0 aliphatic heterocycles. The normalized spacial score (nSPS) is 11.2. The molecule has 0 saturated heterocycles. The number of carbonyl (C=O) groups is 1. The van der Waals surface area contributed by atoms with E-state index in [0.29, 0.717) is 5.69 Å². The molecule has 1 amide bonds. The van der Waals surface area contributed by atoms with Gasteiger partial charge in [-0.2, -0.15) is 0 Å². The summed E-state index contributed by atoms with van der Waals surface area (Å²) in [7, 11) is -3.99. The number of rotatable bonds is 6. The minimum absolute atomic E-state index is 0.0165. The summed E-state index contributed by atoms with van der Waals surface area (Å²) in [4.78, 5) is 29.9. The molecule has 7 nitrogen and oxygen atoms in total. The number of nitrogens with one attached hydrogen (secondary N) is 2. The van der Waals surface area contributed by atoms with Crippen LogP contribution in [0.3, 0.4) is 0 Å². The van der Waals surface area contributed by atoms with E-state index in [1.807, 2.05) is 0 Å².